The molecule has 1 N–H and O–H groups in total. The largest absolute Gasteiger partial charge is 0.496 e. The van der Waals surface area contributed by atoms with Gasteiger partial charge in [-0.25, -0.2) is 0 Å². The molecule has 0 unspecified atom stereocenters. The number of hydrogen-bond donors (Lipinski definition) is 1. The predicted octanol–water partition coefficient (Wildman–Crippen LogP) is 7.69. The molecule has 1 aromatic heterocycles. The van der Waals surface area contributed by atoms with Crippen molar-refractivity contribution < 1.29 is 13.9 Å². The van der Waals surface area contributed by atoms with E-state index in [4.69, 9.17) is 9.15 Å². The molecular weight excluding hydrogens is 422 g/mol. The highest BCUT2D eigenvalue weighted by atomic mass is 16.5. The third-order valence-corrected chi connectivity index (χ3v) is 6.18. The van der Waals surface area contributed by atoms with Crippen LogP contribution in [0, 0.1) is 34.6 Å². The summed E-state index contributed by atoms with van der Waals surface area (Å²) in [5, 5.41) is 3.99. The quantitative estimate of drug-likeness (QED) is 0.315. The molecule has 0 aliphatic carbocycles. The summed E-state index contributed by atoms with van der Waals surface area (Å²) < 4.78 is 11.8. The number of anilines is 1. The Hall–Kier alpha value is -3.79. The normalized spacial score (nSPS) is 11.7. The molecule has 0 bridgehead atoms. The zero-order chi connectivity index (χ0) is 24.6. The van der Waals surface area contributed by atoms with Crippen molar-refractivity contribution in [3.05, 3.63) is 88.2 Å². The monoisotopic (exact) mass is 453 g/mol. The number of rotatable bonds is 5. The molecule has 0 radical (unpaired) electrons. The first-order chi connectivity index (χ1) is 16.2. The van der Waals surface area contributed by atoms with E-state index in [0.717, 1.165) is 55.6 Å². The van der Waals surface area contributed by atoms with E-state index in [0.29, 0.717) is 5.75 Å². The van der Waals surface area contributed by atoms with E-state index in [9.17, 15) is 4.79 Å². The molecule has 0 aliphatic heterocycles. The minimum absolute atomic E-state index is 0.177. The number of fused-ring (bicyclic) bond motifs is 1. The Balaban J connectivity index is 1.78. The molecule has 34 heavy (non-hydrogen) atoms. The lowest BCUT2D eigenvalue weighted by atomic mass is 9.94. The van der Waals surface area contributed by atoms with Gasteiger partial charge in [-0.3, -0.25) is 4.79 Å². The highest BCUT2D eigenvalue weighted by molar-refractivity contribution is 6.06. The minimum atomic E-state index is -0.177. The number of nitrogens with one attached hydrogen (secondary N) is 1. The van der Waals surface area contributed by atoms with Crippen LogP contribution in [0.2, 0.25) is 0 Å². The van der Waals surface area contributed by atoms with Crippen molar-refractivity contribution in [3.8, 4) is 16.9 Å². The maximum Gasteiger partial charge on any atom is 0.248 e. The fourth-order valence-corrected chi connectivity index (χ4v) is 4.70. The number of ether oxygens (including phenoxy) is 1. The van der Waals surface area contributed by atoms with Crippen LogP contribution < -0.4 is 10.1 Å². The molecule has 0 atom stereocenters. The van der Waals surface area contributed by atoms with Crippen LogP contribution >= 0.6 is 0 Å². The highest BCUT2D eigenvalue weighted by Crippen LogP contribution is 2.41. The van der Waals surface area contributed by atoms with Gasteiger partial charge in [0.25, 0.3) is 0 Å². The first-order valence-corrected chi connectivity index (χ1v) is 11.4. The number of hydrogen-bond acceptors (Lipinski definition) is 3. The molecule has 174 valence electrons. The van der Waals surface area contributed by atoms with Gasteiger partial charge in [-0.15, -0.1) is 0 Å². The van der Waals surface area contributed by atoms with Crippen molar-refractivity contribution in [2.45, 2.75) is 41.5 Å². The maximum absolute atomic E-state index is 12.8. The summed E-state index contributed by atoms with van der Waals surface area (Å²) in [7, 11) is 1.65. The number of carbonyl (C=O) groups excluding carboxylic acids is 1. The predicted molar refractivity (Wildman–Crippen MR) is 141 cm³/mol. The summed E-state index contributed by atoms with van der Waals surface area (Å²) in [6.45, 7) is 12.2. The Kier molecular flexibility index (Phi) is 6.34. The van der Waals surface area contributed by atoms with Crippen LogP contribution in [0.5, 0.6) is 5.75 Å². The smallest absolute Gasteiger partial charge is 0.248 e. The van der Waals surface area contributed by atoms with Gasteiger partial charge < -0.3 is 14.5 Å². The van der Waals surface area contributed by atoms with Crippen LogP contribution in [0.3, 0.4) is 0 Å². The molecular formula is C30H31NO3. The molecule has 1 amide bonds. The third-order valence-electron chi connectivity index (χ3n) is 6.18. The standard InChI is InChI=1S/C30H31NO3/c1-17-8-9-24(20(4)11-17)27-16-34-30-22(6)29(33-7)25(15-26(27)30)21(5)14-28(32)31-23-12-18(2)10-19(3)13-23/h8-16H,1-7H3,(H,31,32)/b21-14+. The second-order valence-electron chi connectivity index (χ2n) is 9.12. The summed E-state index contributed by atoms with van der Waals surface area (Å²) in [6, 6.07) is 14.5. The van der Waals surface area contributed by atoms with Crippen molar-refractivity contribution in [3.63, 3.8) is 0 Å². The van der Waals surface area contributed by atoms with Gasteiger partial charge in [0, 0.05) is 33.8 Å². The fraction of sp³-hybridized carbons (Fsp3) is 0.233. The van der Waals surface area contributed by atoms with E-state index < -0.39 is 0 Å². The van der Waals surface area contributed by atoms with Gasteiger partial charge in [0.15, 0.2) is 0 Å². The van der Waals surface area contributed by atoms with E-state index in [1.165, 1.54) is 11.1 Å². The van der Waals surface area contributed by atoms with Crippen molar-refractivity contribution >= 4 is 28.1 Å². The lowest BCUT2D eigenvalue weighted by Crippen LogP contribution is -2.09. The first kappa shape index (κ1) is 23.4. The van der Waals surface area contributed by atoms with Gasteiger partial charge in [-0.2, -0.15) is 0 Å². The third kappa shape index (κ3) is 4.49. The maximum atomic E-state index is 12.8. The lowest BCUT2D eigenvalue weighted by molar-refractivity contribution is -0.111. The molecule has 0 saturated heterocycles. The van der Waals surface area contributed by atoms with Gasteiger partial charge in [0.2, 0.25) is 5.91 Å². The van der Waals surface area contributed by atoms with Crippen molar-refractivity contribution in [1.82, 2.24) is 0 Å². The van der Waals surface area contributed by atoms with E-state index in [1.807, 2.05) is 46.1 Å². The zero-order valence-corrected chi connectivity index (χ0v) is 20.9. The van der Waals surface area contributed by atoms with Crippen LogP contribution in [0.4, 0.5) is 5.69 Å². The number of allylic oxidation sites excluding steroid dienone is 1. The Bertz CT molecular complexity index is 1420. The van der Waals surface area contributed by atoms with Crippen LogP contribution in [0.25, 0.3) is 27.7 Å². The first-order valence-electron chi connectivity index (χ1n) is 11.4. The minimum Gasteiger partial charge on any atom is -0.496 e. The summed E-state index contributed by atoms with van der Waals surface area (Å²) in [6.07, 6.45) is 3.43. The van der Waals surface area contributed by atoms with Crippen LogP contribution in [0.15, 0.2) is 59.2 Å². The zero-order valence-electron chi connectivity index (χ0n) is 20.9. The number of aryl methyl sites for hydroxylation is 5. The summed E-state index contributed by atoms with van der Waals surface area (Å²) in [5.41, 5.74) is 11.0. The van der Waals surface area contributed by atoms with Gasteiger partial charge in [0.05, 0.1) is 13.4 Å². The van der Waals surface area contributed by atoms with E-state index in [1.54, 1.807) is 13.2 Å². The van der Waals surface area contributed by atoms with Crippen molar-refractivity contribution in [2.75, 3.05) is 12.4 Å². The number of carbonyl (C=O) groups is 1. The Labute approximate surface area is 201 Å². The van der Waals surface area contributed by atoms with Crippen LogP contribution in [-0.2, 0) is 4.79 Å². The molecule has 4 rings (SSSR count). The molecule has 0 spiro atoms. The molecule has 0 saturated carbocycles. The molecule has 4 heteroatoms. The number of amides is 1. The Morgan fingerprint density at radius 1 is 0.912 bits per heavy atom. The second-order valence-corrected chi connectivity index (χ2v) is 9.12. The average Bonchev–Trinajstić information content (AvgIpc) is 3.16. The number of methoxy groups -OCH3 is 1. The molecule has 3 aromatic carbocycles. The van der Waals surface area contributed by atoms with Crippen LogP contribution in [-0.4, -0.2) is 13.0 Å². The second kappa shape index (κ2) is 9.22. The van der Waals surface area contributed by atoms with Crippen molar-refractivity contribution in [2.24, 2.45) is 0 Å². The van der Waals surface area contributed by atoms with E-state index in [2.05, 4.69) is 49.5 Å². The SMILES string of the molecule is COc1c(/C(C)=C/C(=O)Nc2cc(C)cc(C)c2)cc2c(-c3ccc(C)cc3C)coc2c1C. The van der Waals surface area contributed by atoms with Gasteiger partial charge >= 0.3 is 0 Å². The fourth-order valence-electron chi connectivity index (χ4n) is 4.70. The van der Waals surface area contributed by atoms with Gasteiger partial charge in [-0.1, -0.05) is 29.8 Å². The molecule has 4 nitrogen and oxygen atoms in total. The van der Waals surface area contributed by atoms with Gasteiger partial charge in [0.1, 0.15) is 11.3 Å². The van der Waals surface area contributed by atoms with Crippen molar-refractivity contribution in [1.29, 1.82) is 0 Å². The Morgan fingerprint density at radius 3 is 2.26 bits per heavy atom. The summed E-state index contributed by atoms with van der Waals surface area (Å²) >= 11 is 0. The Morgan fingerprint density at radius 2 is 1.62 bits per heavy atom. The number of furan rings is 1. The molecule has 4 aromatic rings. The number of benzene rings is 3. The van der Waals surface area contributed by atoms with E-state index >= 15 is 0 Å². The topological polar surface area (TPSA) is 51.5 Å². The molecule has 1 heterocycles. The molecule has 0 aliphatic rings. The lowest BCUT2D eigenvalue weighted by Gasteiger charge is -2.14. The highest BCUT2D eigenvalue weighted by Gasteiger charge is 2.19. The summed E-state index contributed by atoms with van der Waals surface area (Å²) in [5.74, 6) is 0.533. The van der Waals surface area contributed by atoms with Crippen LogP contribution in [0.1, 0.15) is 40.3 Å². The van der Waals surface area contributed by atoms with E-state index in [-0.39, 0.29) is 5.91 Å². The average molecular weight is 454 g/mol. The summed E-state index contributed by atoms with van der Waals surface area (Å²) in [4.78, 5) is 12.8. The van der Waals surface area contributed by atoms with Gasteiger partial charge in [-0.05, 0) is 87.6 Å². The molecule has 0 fully saturated rings.